The van der Waals surface area contributed by atoms with Crippen molar-refractivity contribution in [3.63, 3.8) is 0 Å². The molecule has 110 valence electrons. The fraction of sp³-hybridized carbons (Fsp3) is 0.588. The lowest BCUT2D eigenvalue weighted by atomic mass is 10.1. The Kier molecular flexibility index (Phi) is 3.55. The maximum absolute atomic E-state index is 4.72. The van der Waals surface area contributed by atoms with Gasteiger partial charge in [-0.2, -0.15) is 0 Å². The maximum Gasteiger partial charge on any atom is 0.151 e. The van der Waals surface area contributed by atoms with Crippen molar-refractivity contribution in [2.24, 2.45) is 0 Å². The van der Waals surface area contributed by atoms with E-state index in [1.54, 1.807) is 0 Å². The molecule has 0 unspecified atom stereocenters. The van der Waals surface area contributed by atoms with Crippen molar-refractivity contribution in [3.05, 3.63) is 29.1 Å². The van der Waals surface area contributed by atoms with Crippen molar-refractivity contribution in [1.29, 1.82) is 0 Å². The summed E-state index contributed by atoms with van der Waals surface area (Å²) in [6, 6.07) is 4.42. The van der Waals surface area contributed by atoms with Crippen molar-refractivity contribution < 1.29 is 0 Å². The van der Waals surface area contributed by atoms with Gasteiger partial charge in [0.1, 0.15) is 5.52 Å². The van der Waals surface area contributed by atoms with Crippen LogP contribution < -0.4 is 0 Å². The van der Waals surface area contributed by atoms with Crippen LogP contribution in [0.4, 0.5) is 0 Å². The molecule has 1 aliphatic carbocycles. The first-order valence-electron chi connectivity index (χ1n) is 8.26. The Morgan fingerprint density at radius 1 is 0.905 bits per heavy atom. The van der Waals surface area contributed by atoms with E-state index in [9.17, 15) is 0 Å². The first-order valence-corrected chi connectivity index (χ1v) is 8.26. The minimum atomic E-state index is 0.902. The van der Waals surface area contributed by atoms with Crippen molar-refractivity contribution in [2.75, 3.05) is 19.6 Å². The summed E-state index contributed by atoms with van der Waals surface area (Å²) in [5.74, 6) is 0.902. The van der Waals surface area contributed by atoms with Crippen LogP contribution in [0.15, 0.2) is 12.1 Å². The van der Waals surface area contributed by atoms with Crippen LogP contribution in [0.5, 0.6) is 0 Å². The van der Waals surface area contributed by atoms with Gasteiger partial charge in [0.2, 0.25) is 0 Å². The quantitative estimate of drug-likeness (QED) is 0.864. The van der Waals surface area contributed by atoms with Gasteiger partial charge in [-0.05, 0) is 81.4 Å². The first-order chi connectivity index (χ1) is 10.4. The van der Waals surface area contributed by atoms with Crippen LogP contribution >= 0.6 is 0 Å². The topological polar surface area (TPSA) is 41.9 Å². The van der Waals surface area contributed by atoms with Crippen LogP contribution in [-0.2, 0) is 19.3 Å². The van der Waals surface area contributed by atoms with Gasteiger partial charge in [-0.3, -0.25) is 0 Å². The Hall–Kier alpha value is -1.55. The Balaban J connectivity index is 1.46. The second-order valence-corrected chi connectivity index (χ2v) is 6.34. The van der Waals surface area contributed by atoms with Gasteiger partial charge in [-0.1, -0.05) is 0 Å². The van der Waals surface area contributed by atoms with Crippen LogP contribution in [0.25, 0.3) is 11.0 Å². The molecular weight excluding hydrogens is 260 g/mol. The van der Waals surface area contributed by atoms with Gasteiger partial charge in [0.15, 0.2) is 5.82 Å². The molecule has 1 saturated heterocycles. The predicted octanol–water partition coefficient (Wildman–Crippen LogP) is 2.54. The Morgan fingerprint density at radius 3 is 2.48 bits per heavy atom. The molecule has 2 heterocycles. The number of hydrogen-bond donors (Lipinski definition) is 0. The highest BCUT2D eigenvalue weighted by Crippen LogP contribution is 2.25. The van der Waals surface area contributed by atoms with Gasteiger partial charge in [-0.15, -0.1) is 10.2 Å². The van der Waals surface area contributed by atoms with Crippen LogP contribution in [0, 0.1) is 0 Å². The summed E-state index contributed by atoms with van der Waals surface area (Å²) in [5.41, 5.74) is 4.90. The van der Waals surface area contributed by atoms with Crippen molar-refractivity contribution in [1.82, 2.24) is 20.1 Å². The highest BCUT2D eigenvalue weighted by Gasteiger charge is 2.14. The largest absolute Gasteiger partial charge is 0.303 e. The summed E-state index contributed by atoms with van der Waals surface area (Å²) in [6.45, 7) is 3.71. The molecule has 4 heteroatoms. The molecule has 0 N–H and O–H groups in total. The number of nitrogens with zero attached hydrogens (tertiary/aromatic N) is 4. The molecule has 1 fully saturated rings. The van der Waals surface area contributed by atoms with E-state index >= 15 is 0 Å². The lowest BCUT2D eigenvalue weighted by molar-refractivity contribution is 0.333. The zero-order valence-corrected chi connectivity index (χ0v) is 12.5. The smallest absolute Gasteiger partial charge is 0.151 e. The van der Waals surface area contributed by atoms with E-state index in [0.29, 0.717) is 0 Å². The summed E-state index contributed by atoms with van der Waals surface area (Å²) >= 11 is 0. The van der Waals surface area contributed by atoms with E-state index in [1.165, 1.54) is 62.9 Å². The molecule has 0 bridgehead atoms. The molecule has 1 aliphatic heterocycles. The molecule has 2 aliphatic rings. The summed E-state index contributed by atoms with van der Waals surface area (Å²) in [6.07, 6.45) is 8.44. The Bertz CT molecular complexity index is 647. The standard InChI is InChI=1S/C17H22N4/c1-2-9-21(8-1)10-4-7-17-18-15-11-13-5-3-6-14(13)12-16(15)19-20-17/h11-12H,1-10H2. The van der Waals surface area contributed by atoms with Gasteiger partial charge in [0.05, 0.1) is 5.52 Å². The minimum Gasteiger partial charge on any atom is -0.303 e. The molecule has 1 aromatic carbocycles. The normalized spacial score (nSPS) is 18.5. The van der Waals surface area contributed by atoms with E-state index in [-0.39, 0.29) is 0 Å². The van der Waals surface area contributed by atoms with Gasteiger partial charge in [0.25, 0.3) is 0 Å². The SMILES string of the molecule is c1c2c(cc3nc(CCCN4CCCC4)nnc13)CCC2. The minimum absolute atomic E-state index is 0.902. The van der Waals surface area contributed by atoms with E-state index in [4.69, 9.17) is 4.98 Å². The lowest BCUT2D eigenvalue weighted by Gasteiger charge is -2.13. The van der Waals surface area contributed by atoms with E-state index in [2.05, 4.69) is 27.2 Å². The molecule has 21 heavy (non-hydrogen) atoms. The number of hydrogen-bond acceptors (Lipinski definition) is 4. The number of aromatic nitrogens is 3. The Labute approximate surface area is 125 Å². The van der Waals surface area contributed by atoms with Gasteiger partial charge in [0, 0.05) is 6.42 Å². The fourth-order valence-corrected chi connectivity index (χ4v) is 3.61. The van der Waals surface area contributed by atoms with Crippen LogP contribution in [-0.4, -0.2) is 39.7 Å². The van der Waals surface area contributed by atoms with Crippen molar-refractivity contribution in [2.45, 2.75) is 44.9 Å². The Morgan fingerprint density at radius 2 is 1.67 bits per heavy atom. The zero-order valence-electron chi connectivity index (χ0n) is 12.5. The second kappa shape index (κ2) is 5.68. The summed E-state index contributed by atoms with van der Waals surface area (Å²) in [4.78, 5) is 7.27. The number of fused-ring (bicyclic) bond motifs is 2. The average Bonchev–Trinajstić information content (AvgIpc) is 3.15. The van der Waals surface area contributed by atoms with Crippen molar-refractivity contribution in [3.8, 4) is 0 Å². The van der Waals surface area contributed by atoms with E-state index in [0.717, 1.165) is 29.7 Å². The lowest BCUT2D eigenvalue weighted by Crippen LogP contribution is -2.21. The van der Waals surface area contributed by atoms with Crippen LogP contribution in [0.3, 0.4) is 0 Å². The molecule has 1 aromatic heterocycles. The molecule has 0 atom stereocenters. The summed E-state index contributed by atoms with van der Waals surface area (Å²) in [5, 5.41) is 8.70. The monoisotopic (exact) mass is 282 g/mol. The molecular formula is C17H22N4. The number of likely N-dealkylation sites (tertiary alicyclic amines) is 1. The summed E-state index contributed by atoms with van der Waals surface area (Å²) in [7, 11) is 0. The highest BCUT2D eigenvalue weighted by atomic mass is 15.2. The van der Waals surface area contributed by atoms with Gasteiger partial charge >= 0.3 is 0 Å². The number of benzene rings is 1. The van der Waals surface area contributed by atoms with E-state index < -0.39 is 0 Å². The molecule has 4 nitrogen and oxygen atoms in total. The molecule has 2 aromatic rings. The van der Waals surface area contributed by atoms with Crippen LogP contribution in [0.2, 0.25) is 0 Å². The third-order valence-corrected chi connectivity index (χ3v) is 4.79. The third-order valence-electron chi connectivity index (χ3n) is 4.79. The van der Waals surface area contributed by atoms with Crippen LogP contribution in [0.1, 0.15) is 42.6 Å². The third kappa shape index (κ3) is 2.77. The molecule has 0 radical (unpaired) electrons. The average molecular weight is 282 g/mol. The number of aryl methyl sites for hydroxylation is 3. The molecule has 0 amide bonds. The van der Waals surface area contributed by atoms with Gasteiger partial charge in [-0.25, -0.2) is 4.98 Å². The fourth-order valence-electron chi connectivity index (χ4n) is 3.61. The van der Waals surface area contributed by atoms with Gasteiger partial charge < -0.3 is 4.90 Å². The molecule has 0 saturated carbocycles. The first kappa shape index (κ1) is 13.1. The van der Waals surface area contributed by atoms with Crippen molar-refractivity contribution >= 4 is 11.0 Å². The number of rotatable bonds is 4. The molecule has 0 spiro atoms. The molecule has 4 rings (SSSR count). The predicted molar refractivity (Wildman–Crippen MR) is 83.4 cm³/mol. The maximum atomic E-state index is 4.72. The zero-order chi connectivity index (χ0) is 14.1. The van der Waals surface area contributed by atoms with E-state index in [1.807, 2.05) is 0 Å². The summed E-state index contributed by atoms with van der Waals surface area (Å²) < 4.78 is 0. The highest BCUT2D eigenvalue weighted by molar-refractivity contribution is 5.76. The second-order valence-electron chi connectivity index (χ2n) is 6.34.